The zero-order chi connectivity index (χ0) is 19.2. The number of rotatable bonds is 6. The summed E-state index contributed by atoms with van der Waals surface area (Å²) in [6, 6.07) is 16.4. The number of benzene rings is 2. The van der Waals surface area contributed by atoms with Crippen molar-refractivity contribution in [3.63, 3.8) is 0 Å². The first-order valence-corrected chi connectivity index (χ1v) is 9.02. The highest BCUT2D eigenvalue weighted by atomic mass is 32.2. The van der Waals surface area contributed by atoms with Crippen LogP contribution in [0.1, 0.15) is 12.5 Å². The lowest BCUT2D eigenvalue weighted by molar-refractivity contribution is -0.115. The number of amides is 1. The normalized spacial score (nSPS) is 11.4. The van der Waals surface area contributed by atoms with Crippen molar-refractivity contribution in [3.8, 4) is 17.5 Å². The van der Waals surface area contributed by atoms with Gasteiger partial charge in [0.2, 0.25) is 5.91 Å². The molecule has 0 radical (unpaired) electrons. The molecule has 3 rings (SSSR count). The summed E-state index contributed by atoms with van der Waals surface area (Å²) in [7, 11) is 1.60. The molecule has 0 saturated carbocycles. The van der Waals surface area contributed by atoms with Gasteiger partial charge in [-0.3, -0.25) is 9.36 Å². The summed E-state index contributed by atoms with van der Waals surface area (Å²) in [6.45, 7) is 1.77. The van der Waals surface area contributed by atoms with E-state index < -0.39 is 5.25 Å². The molecule has 0 spiro atoms. The number of nitriles is 1. The number of thioether (sulfide) groups is 1. The van der Waals surface area contributed by atoms with Crippen molar-refractivity contribution in [1.82, 2.24) is 14.8 Å². The van der Waals surface area contributed by atoms with Crippen LogP contribution in [-0.2, 0) is 4.79 Å². The summed E-state index contributed by atoms with van der Waals surface area (Å²) in [6.07, 6.45) is 1.58. The number of nitrogens with one attached hydrogen (secondary N) is 1. The number of ether oxygens (including phenoxy) is 1. The highest BCUT2D eigenvalue weighted by Crippen LogP contribution is 2.29. The van der Waals surface area contributed by atoms with Gasteiger partial charge < -0.3 is 10.1 Å². The highest BCUT2D eigenvalue weighted by Gasteiger charge is 2.20. The van der Waals surface area contributed by atoms with E-state index in [1.165, 1.54) is 11.8 Å². The Bertz CT molecular complexity index is 996. The molecule has 0 aliphatic heterocycles. The molecule has 1 N–H and O–H groups in total. The second-order valence-corrected chi connectivity index (χ2v) is 6.87. The summed E-state index contributed by atoms with van der Waals surface area (Å²) < 4.78 is 7.16. The molecule has 7 nitrogen and oxygen atoms in total. The second kappa shape index (κ2) is 8.38. The topological polar surface area (TPSA) is 92.8 Å². The third-order valence-electron chi connectivity index (χ3n) is 3.82. The van der Waals surface area contributed by atoms with Crippen LogP contribution in [0.15, 0.2) is 60.0 Å². The van der Waals surface area contributed by atoms with Gasteiger partial charge in [0.05, 0.1) is 29.3 Å². The van der Waals surface area contributed by atoms with Crippen molar-refractivity contribution in [2.75, 3.05) is 12.4 Å². The average molecular weight is 379 g/mol. The summed E-state index contributed by atoms with van der Waals surface area (Å²) in [5, 5.41) is 20.1. The molecule has 27 heavy (non-hydrogen) atoms. The lowest BCUT2D eigenvalue weighted by Gasteiger charge is -2.14. The van der Waals surface area contributed by atoms with Gasteiger partial charge in [-0.05, 0) is 31.2 Å². The predicted molar refractivity (Wildman–Crippen MR) is 103 cm³/mol. The Kier molecular flexibility index (Phi) is 5.74. The maximum absolute atomic E-state index is 12.6. The minimum Gasteiger partial charge on any atom is -0.495 e. The molecule has 1 amide bonds. The van der Waals surface area contributed by atoms with E-state index in [0.29, 0.717) is 22.2 Å². The van der Waals surface area contributed by atoms with E-state index in [-0.39, 0.29) is 5.91 Å². The molecule has 0 aliphatic rings. The molecule has 2 aromatic carbocycles. The number of anilines is 1. The van der Waals surface area contributed by atoms with Gasteiger partial charge in [-0.15, -0.1) is 10.2 Å². The Morgan fingerprint density at radius 2 is 2.00 bits per heavy atom. The monoisotopic (exact) mass is 379 g/mol. The Balaban J connectivity index is 1.77. The number of carbonyl (C=O) groups is 1. The molecule has 1 aromatic heterocycles. The van der Waals surface area contributed by atoms with E-state index in [4.69, 9.17) is 10.00 Å². The lowest BCUT2D eigenvalue weighted by Crippen LogP contribution is -2.23. The molecular weight excluding hydrogens is 362 g/mol. The first kappa shape index (κ1) is 18.5. The van der Waals surface area contributed by atoms with E-state index in [9.17, 15) is 4.79 Å². The van der Waals surface area contributed by atoms with E-state index >= 15 is 0 Å². The second-order valence-electron chi connectivity index (χ2n) is 5.56. The molecule has 0 bridgehead atoms. The molecule has 1 heterocycles. The van der Waals surface area contributed by atoms with Crippen molar-refractivity contribution in [2.24, 2.45) is 0 Å². The predicted octanol–water partition coefficient (Wildman–Crippen LogP) is 3.27. The van der Waals surface area contributed by atoms with Crippen LogP contribution in [-0.4, -0.2) is 33.0 Å². The third-order valence-corrected chi connectivity index (χ3v) is 4.87. The Labute approximate surface area is 161 Å². The summed E-state index contributed by atoms with van der Waals surface area (Å²) in [4.78, 5) is 12.6. The summed E-state index contributed by atoms with van der Waals surface area (Å²) in [5.41, 5.74) is 1.69. The third kappa shape index (κ3) is 4.10. The van der Waals surface area contributed by atoms with Crippen LogP contribution in [0.3, 0.4) is 0 Å². The molecule has 0 saturated heterocycles. The van der Waals surface area contributed by atoms with Gasteiger partial charge >= 0.3 is 0 Å². The fraction of sp³-hybridized carbons (Fsp3) is 0.158. The standard InChI is InChI=1S/C19H17N5O2S/c1-13(18(25)22-15-8-4-3-7-14(15)11-20)27-19-23-21-12-24(19)16-9-5-6-10-17(16)26-2/h3-10,12-13H,1-2H3,(H,22,25). The van der Waals surface area contributed by atoms with Crippen molar-refractivity contribution in [3.05, 3.63) is 60.4 Å². The number of hydrogen-bond donors (Lipinski definition) is 1. The first-order chi connectivity index (χ1) is 13.1. The van der Waals surface area contributed by atoms with Gasteiger partial charge in [-0.25, -0.2) is 0 Å². The smallest absolute Gasteiger partial charge is 0.237 e. The molecule has 8 heteroatoms. The number of hydrogen-bond acceptors (Lipinski definition) is 6. The van der Waals surface area contributed by atoms with Gasteiger partial charge in [-0.2, -0.15) is 5.26 Å². The Morgan fingerprint density at radius 3 is 2.78 bits per heavy atom. The largest absolute Gasteiger partial charge is 0.495 e. The van der Waals surface area contributed by atoms with Crippen molar-refractivity contribution < 1.29 is 9.53 Å². The van der Waals surface area contributed by atoms with Crippen molar-refractivity contribution in [2.45, 2.75) is 17.3 Å². The number of methoxy groups -OCH3 is 1. The minimum atomic E-state index is -0.450. The number of para-hydroxylation sites is 3. The van der Waals surface area contributed by atoms with Crippen molar-refractivity contribution >= 4 is 23.4 Å². The van der Waals surface area contributed by atoms with Gasteiger partial charge in [0.15, 0.2) is 5.16 Å². The fourth-order valence-electron chi connectivity index (χ4n) is 2.43. The quantitative estimate of drug-likeness (QED) is 0.661. The molecule has 0 aliphatic carbocycles. The fourth-order valence-corrected chi connectivity index (χ4v) is 3.27. The van der Waals surface area contributed by atoms with Crippen LogP contribution in [0.2, 0.25) is 0 Å². The maximum Gasteiger partial charge on any atom is 0.237 e. The minimum absolute atomic E-state index is 0.225. The lowest BCUT2D eigenvalue weighted by atomic mass is 10.2. The van der Waals surface area contributed by atoms with Crippen LogP contribution in [0.5, 0.6) is 5.75 Å². The molecule has 0 fully saturated rings. The van der Waals surface area contributed by atoms with E-state index in [1.807, 2.05) is 24.3 Å². The highest BCUT2D eigenvalue weighted by molar-refractivity contribution is 8.00. The Morgan fingerprint density at radius 1 is 1.26 bits per heavy atom. The number of carbonyl (C=O) groups excluding carboxylic acids is 1. The van der Waals surface area contributed by atoms with E-state index in [0.717, 1.165) is 5.69 Å². The number of aromatic nitrogens is 3. The molecule has 1 unspecified atom stereocenters. The van der Waals surface area contributed by atoms with Gasteiger partial charge in [-0.1, -0.05) is 36.0 Å². The van der Waals surface area contributed by atoms with Crippen LogP contribution in [0.4, 0.5) is 5.69 Å². The summed E-state index contributed by atoms with van der Waals surface area (Å²) in [5.74, 6) is 0.455. The molecule has 136 valence electrons. The van der Waals surface area contributed by atoms with Gasteiger partial charge in [0.1, 0.15) is 18.1 Å². The zero-order valence-corrected chi connectivity index (χ0v) is 15.6. The van der Waals surface area contributed by atoms with Crippen LogP contribution < -0.4 is 10.1 Å². The molecule has 1 atom stereocenters. The zero-order valence-electron chi connectivity index (χ0n) is 14.8. The number of nitrogens with zero attached hydrogens (tertiary/aromatic N) is 4. The first-order valence-electron chi connectivity index (χ1n) is 8.14. The van der Waals surface area contributed by atoms with Gasteiger partial charge in [0, 0.05) is 0 Å². The Hall–Kier alpha value is -3.31. The summed E-state index contributed by atoms with van der Waals surface area (Å²) >= 11 is 1.27. The van der Waals surface area contributed by atoms with Crippen LogP contribution in [0, 0.1) is 11.3 Å². The molecule has 3 aromatic rings. The van der Waals surface area contributed by atoms with Crippen molar-refractivity contribution in [1.29, 1.82) is 5.26 Å². The van der Waals surface area contributed by atoms with E-state index in [2.05, 4.69) is 21.6 Å². The van der Waals surface area contributed by atoms with Gasteiger partial charge in [0.25, 0.3) is 0 Å². The molecular formula is C19H17N5O2S. The average Bonchev–Trinajstić information content (AvgIpc) is 3.16. The van der Waals surface area contributed by atoms with E-state index in [1.54, 1.807) is 49.2 Å². The van der Waals surface area contributed by atoms with Crippen LogP contribution >= 0.6 is 11.8 Å². The van der Waals surface area contributed by atoms with Crippen LogP contribution in [0.25, 0.3) is 5.69 Å². The SMILES string of the molecule is COc1ccccc1-n1cnnc1SC(C)C(=O)Nc1ccccc1C#N. The maximum atomic E-state index is 12.6.